The van der Waals surface area contributed by atoms with Crippen molar-refractivity contribution in [3.8, 4) is 5.75 Å². The van der Waals surface area contributed by atoms with Gasteiger partial charge in [-0.1, -0.05) is 53.1 Å². The van der Waals surface area contributed by atoms with Crippen LogP contribution in [0.15, 0.2) is 18.2 Å². The first kappa shape index (κ1) is 17.2. The van der Waals surface area contributed by atoms with Crippen molar-refractivity contribution in [2.45, 2.75) is 58.2 Å². The molecule has 4 heteroatoms. The van der Waals surface area contributed by atoms with Crippen LogP contribution in [0.3, 0.4) is 0 Å². The molecule has 0 atom stereocenters. The summed E-state index contributed by atoms with van der Waals surface area (Å²) in [5.74, 6) is 0.652. The highest BCUT2D eigenvalue weighted by Crippen LogP contribution is 2.44. The van der Waals surface area contributed by atoms with Crippen LogP contribution in [0, 0.1) is 0 Å². The molecule has 0 spiro atoms. The van der Waals surface area contributed by atoms with Crippen molar-refractivity contribution in [3.63, 3.8) is 0 Å². The predicted molar refractivity (Wildman–Crippen MR) is 88.5 cm³/mol. The summed E-state index contributed by atoms with van der Waals surface area (Å²) in [4.78, 5) is 10.9. The fraction of sp³-hybridized carbons (Fsp3) is 0.562. The van der Waals surface area contributed by atoms with E-state index in [9.17, 15) is 4.79 Å². The van der Waals surface area contributed by atoms with Gasteiger partial charge in [-0.3, -0.25) is 4.79 Å². The molecule has 2 nitrogen and oxygen atoms in total. The van der Waals surface area contributed by atoms with Gasteiger partial charge in [0.25, 0.3) is 8.32 Å². The number of halogens is 1. The molecule has 0 aliphatic heterocycles. The average molecular weight is 313 g/mol. The number of carbonyl (C=O) groups excluding carboxylic acids is 1. The molecule has 0 aromatic heterocycles. The summed E-state index contributed by atoms with van der Waals surface area (Å²) in [6, 6.07) is 5.20. The molecule has 0 fully saturated rings. The minimum atomic E-state index is -2.04. The average Bonchev–Trinajstić information content (AvgIpc) is 2.36. The highest BCUT2D eigenvalue weighted by molar-refractivity contribution is 6.78. The van der Waals surface area contributed by atoms with Gasteiger partial charge in [-0.05, 0) is 34.8 Å². The summed E-state index contributed by atoms with van der Waals surface area (Å²) in [6.07, 6.45) is 0.826. The van der Waals surface area contributed by atoms with E-state index in [1.54, 1.807) is 18.2 Å². The van der Waals surface area contributed by atoms with E-state index in [2.05, 4.69) is 41.5 Å². The third-order valence-corrected chi connectivity index (χ3v) is 10.4. The summed E-state index contributed by atoms with van der Waals surface area (Å²) >= 11 is 6.25. The van der Waals surface area contributed by atoms with Crippen LogP contribution in [0.4, 0.5) is 0 Å². The SMILES string of the molecule is CC(C)[Si](Oc1cc(C=O)ccc1Cl)(C(C)C)C(C)C. The van der Waals surface area contributed by atoms with Crippen molar-refractivity contribution in [3.05, 3.63) is 28.8 Å². The number of hydrogen-bond donors (Lipinski definition) is 0. The molecule has 0 aliphatic rings. The molecule has 0 unspecified atom stereocenters. The Morgan fingerprint density at radius 2 is 1.55 bits per heavy atom. The molecular weight excluding hydrogens is 288 g/mol. The zero-order valence-electron chi connectivity index (χ0n) is 13.2. The number of benzene rings is 1. The molecule has 1 rings (SSSR count). The Balaban J connectivity index is 3.29. The third kappa shape index (κ3) is 3.26. The van der Waals surface area contributed by atoms with E-state index in [4.69, 9.17) is 16.0 Å². The van der Waals surface area contributed by atoms with E-state index < -0.39 is 8.32 Å². The molecule has 20 heavy (non-hydrogen) atoms. The smallest absolute Gasteiger partial charge is 0.258 e. The molecule has 0 saturated carbocycles. The van der Waals surface area contributed by atoms with Gasteiger partial charge in [0.05, 0.1) is 5.02 Å². The zero-order valence-corrected chi connectivity index (χ0v) is 15.0. The molecule has 112 valence electrons. The van der Waals surface area contributed by atoms with Gasteiger partial charge < -0.3 is 4.43 Å². The summed E-state index contributed by atoms with van der Waals surface area (Å²) in [5, 5.41) is 0.578. The van der Waals surface area contributed by atoms with Crippen LogP contribution < -0.4 is 4.43 Å². The molecule has 0 N–H and O–H groups in total. The lowest BCUT2D eigenvalue weighted by atomic mass is 10.2. The lowest BCUT2D eigenvalue weighted by Gasteiger charge is -2.42. The molecule has 0 radical (unpaired) electrons. The first-order valence-electron chi connectivity index (χ1n) is 7.19. The molecule has 0 saturated heterocycles. The monoisotopic (exact) mass is 312 g/mol. The van der Waals surface area contributed by atoms with E-state index in [0.29, 0.717) is 33.0 Å². The van der Waals surface area contributed by atoms with E-state index in [1.807, 2.05) is 0 Å². The maximum atomic E-state index is 10.9. The Morgan fingerprint density at radius 1 is 1.05 bits per heavy atom. The predicted octanol–water partition coefficient (Wildman–Crippen LogP) is 5.71. The maximum Gasteiger partial charge on any atom is 0.258 e. The number of carbonyl (C=O) groups is 1. The van der Waals surface area contributed by atoms with Crippen LogP contribution in [-0.2, 0) is 0 Å². The Labute approximate surface area is 128 Å². The number of rotatable bonds is 6. The van der Waals surface area contributed by atoms with Crippen molar-refractivity contribution in [1.82, 2.24) is 0 Å². The summed E-state index contributed by atoms with van der Waals surface area (Å²) in [7, 11) is -2.04. The van der Waals surface area contributed by atoms with Gasteiger partial charge in [0.2, 0.25) is 0 Å². The minimum Gasteiger partial charge on any atom is -0.542 e. The molecule has 0 bridgehead atoms. The third-order valence-electron chi connectivity index (χ3n) is 4.09. The van der Waals surface area contributed by atoms with Gasteiger partial charge in [0, 0.05) is 5.56 Å². The zero-order chi connectivity index (χ0) is 15.5. The van der Waals surface area contributed by atoms with Gasteiger partial charge in [0.15, 0.2) is 0 Å². The van der Waals surface area contributed by atoms with Gasteiger partial charge in [-0.15, -0.1) is 0 Å². The lowest BCUT2D eigenvalue weighted by molar-refractivity contribution is 0.112. The summed E-state index contributed by atoms with van der Waals surface area (Å²) in [5.41, 5.74) is 2.01. The van der Waals surface area contributed by atoms with Crippen molar-refractivity contribution in [2.75, 3.05) is 0 Å². The molecule has 1 aromatic carbocycles. The van der Waals surface area contributed by atoms with Gasteiger partial charge in [-0.25, -0.2) is 0 Å². The number of aldehydes is 1. The van der Waals surface area contributed by atoms with E-state index in [-0.39, 0.29) is 0 Å². The van der Waals surface area contributed by atoms with Crippen LogP contribution in [0.1, 0.15) is 51.9 Å². The Hall–Kier alpha value is -0.803. The van der Waals surface area contributed by atoms with Crippen molar-refractivity contribution in [1.29, 1.82) is 0 Å². The molecule has 0 aliphatic carbocycles. The molecule has 0 heterocycles. The van der Waals surface area contributed by atoms with Crippen LogP contribution in [0.5, 0.6) is 5.75 Å². The van der Waals surface area contributed by atoms with Crippen molar-refractivity contribution >= 4 is 26.2 Å². The Morgan fingerprint density at radius 3 is 1.95 bits per heavy atom. The topological polar surface area (TPSA) is 26.3 Å². The van der Waals surface area contributed by atoms with E-state index in [0.717, 1.165) is 6.29 Å². The standard InChI is InChI=1S/C16H25ClO2Si/c1-11(2)20(12(3)4,13(5)6)19-16-9-14(10-18)7-8-15(16)17/h7-13H,1-6H3. The van der Waals surface area contributed by atoms with Crippen LogP contribution in [0.2, 0.25) is 21.6 Å². The Kier molecular flexibility index (Phi) is 5.84. The van der Waals surface area contributed by atoms with Crippen LogP contribution in [0.25, 0.3) is 0 Å². The number of hydrogen-bond acceptors (Lipinski definition) is 2. The molecule has 0 amide bonds. The highest BCUT2D eigenvalue weighted by Gasteiger charge is 2.47. The molecule has 1 aromatic rings. The first-order valence-corrected chi connectivity index (χ1v) is 9.71. The van der Waals surface area contributed by atoms with Gasteiger partial charge >= 0.3 is 0 Å². The van der Waals surface area contributed by atoms with E-state index in [1.165, 1.54) is 0 Å². The Bertz CT molecular complexity index is 448. The van der Waals surface area contributed by atoms with Gasteiger partial charge in [0.1, 0.15) is 12.0 Å². The fourth-order valence-corrected chi connectivity index (χ4v) is 8.69. The summed E-state index contributed by atoms with van der Waals surface area (Å²) < 4.78 is 6.51. The normalized spacial score (nSPS) is 12.3. The largest absolute Gasteiger partial charge is 0.542 e. The second kappa shape index (κ2) is 6.77. The molecular formula is C16H25ClO2Si. The second-order valence-electron chi connectivity index (χ2n) is 6.23. The van der Waals surface area contributed by atoms with Crippen LogP contribution >= 0.6 is 11.6 Å². The van der Waals surface area contributed by atoms with Crippen molar-refractivity contribution < 1.29 is 9.22 Å². The lowest BCUT2D eigenvalue weighted by Crippen LogP contribution is -2.50. The maximum absolute atomic E-state index is 10.9. The first-order chi connectivity index (χ1) is 9.25. The van der Waals surface area contributed by atoms with E-state index >= 15 is 0 Å². The quantitative estimate of drug-likeness (QED) is 0.497. The second-order valence-corrected chi connectivity index (χ2v) is 12.0. The highest BCUT2D eigenvalue weighted by atomic mass is 35.5. The minimum absolute atomic E-state index is 0.471. The summed E-state index contributed by atoms with van der Waals surface area (Å²) in [6.45, 7) is 13.4. The fourth-order valence-electron chi connectivity index (χ4n) is 3.22. The van der Waals surface area contributed by atoms with Crippen molar-refractivity contribution in [2.24, 2.45) is 0 Å². The van der Waals surface area contributed by atoms with Gasteiger partial charge in [-0.2, -0.15) is 0 Å². The van der Waals surface area contributed by atoms with Crippen LogP contribution in [-0.4, -0.2) is 14.6 Å².